The first-order valence-electron chi connectivity index (χ1n) is 7.93. The molecule has 2 aromatic rings. The van der Waals surface area contributed by atoms with Crippen molar-refractivity contribution in [3.63, 3.8) is 0 Å². The molecule has 0 saturated heterocycles. The van der Waals surface area contributed by atoms with E-state index in [0.717, 1.165) is 22.6 Å². The molecular formula is C19H23NO3. The summed E-state index contributed by atoms with van der Waals surface area (Å²) in [6.45, 7) is 2.69. The van der Waals surface area contributed by atoms with Crippen molar-refractivity contribution in [1.29, 1.82) is 0 Å². The molecule has 0 saturated carbocycles. The smallest absolute Gasteiger partial charge is 0.224 e. The largest absolute Gasteiger partial charge is 0.494 e. The van der Waals surface area contributed by atoms with E-state index < -0.39 is 0 Å². The molecule has 0 bridgehead atoms. The Kier molecular flexibility index (Phi) is 6.63. The van der Waals surface area contributed by atoms with Crippen LogP contribution in [0.3, 0.4) is 0 Å². The molecule has 4 heteroatoms. The lowest BCUT2D eigenvalue weighted by molar-refractivity contribution is -0.116. The van der Waals surface area contributed by atoms with Gasteiger partial charge in [-0.05, 0) is 49.1 Å². The van der Waals surface area contributed by atoms with E-state index in [-0.39, 0.29) is 12.5 Å². The molecule has 0 unspecified atom stereocenters. The van der Waals surface area contributed by atoms with E-state index in [1.807, 2.05) is 55.5 Å². The molecule has 0 heterocycles. The Balaban J connectivity index is 1.87. The number of hydrogen-bond acceptors (Lipinski definition) is 3. The molecule has 2 aromatic carbocycles. The summed E-state index contributed by atoms with van der Waals surface area (Å²) in [7, 11) is 0. The highest BCUT2D eigenvalue weighted by Crippen LogP contribution is 2.20. The first-order valence-corrected chi connectivity index (χ1v) is 7.93. The van der Waals surface area contributed by atoms with Crippen molar-refractivity contribution in [2.45, 2.75) is 26.2 Å². The summed E-state index contributed by atoms with van der Waals surface area (Å²) in [5.74, 6) is 0.822. The standard InChI is InChI=1S/C19H23NO3/c1-2-23-18-6-4-3-5-16(18)9-12-19(22)20-17-10-7-15(8-11-17)13-14-21/h3-8,10-11,21H,2,9,12-14H2,1H3,(H,20,22). The highest BCUT2D eigenvalue weighted by molar-refractivity contribution is 5.90. The van der Waals surface area contributed by atoms with Crippen LogP contribution in [0.2, 0.25) is 0 Å². The highest BCUT2D eigenvalue weighted by Gasteiger charge is 2.07. The first-order chi connectivity index (χ1) is 11.2. The summed E-state index contributed by atoms with van der Waals surface area (Å²) in [6, 6.07) is 15.3. The molecular weight excluding hydrogens is 290 g/mol. The van der Waals surface area contributed by atoms with E-state index in [2.05, 4.69) is 5.32 Å². The van der Waals surface area contributed by atoms with Crippen molar-refractivity contribution >= 4 is 11.6 Å². The van der Waals surface area contributed by atoms with Crippen molar-refractivity contribution in [2.75, 3.05) is 18.5 Å². The number of ether oxygens (including phenoxy) is 1. The van der Waals surface area contributed by atoms with Gasteiger partial charge in [0.25, 0.3) is 0 Å². The summed E-state index contributed by atoms with van der Waals surface area (Å²) >= 11 is 0. The maximum Gasteiger partial charge on any atom is 0.224 e. The molecule has 0 aromatic heterocycles. The second kappa shape index (κ2) is 8.96. The topological polar surface area (TPSA) is 58.6 Å². The fourth-order valence-corrected chi connectivity index (χ4v) is 2.36. The van der Waals surface area contributed by atoms with Crippen LogP contribution in [0.1, 0.15) is 24.5 Å². The van der Waals surface area contributed by atoms with Crippen molar-refractivity contribution in [3.8, 4) is 5.75 Å². The van der Waals surface area contributed by atoms with E-state index in [1.165, 1.54) is 0 Å². The van der Waals surface area contributed by atoms with E-state index in [0.29, 0.717) is 25.9 Å². The van der Waals surface area contributed by atoms with Gasteiger partial charge in [-0.15, -0.1) is 0 Å². The number of carbonyl (C=O) groups excluding carboxylic acids is 1. The Hall–Kier alpha value is -2.33. The summed E-state index contributed by atoms with van der Waals surface area (Å²) in [5, 5.41) is 11.8. The minimum Gasteiger partial charge on any atom is -0.494 e. The number of anilines is 1. The molecule has 0 spiro atoms. The number of aliphatic hydroxyl groups excluding tert-OH is 1. The third-order valence-corrected chi connectivity index (χ3v) is 3.53. The van der Waals surface area contributed by atoms with Crippen LogP contribution in [-0.4, -0.2) is 24.2 Å². The Bertz CT molecular complexity index is 623. The van der Waals surface area contributed by atoms with E-state index in [1.54, 1.807) is 0 Å². The molecule has 0 aliphatic rings. The lowest BCUT2D eigenvalue weighted by Crippen LogP contribution is -2.12. The lowest BCUT2D eigenvalue weighted by atomic mass is 10.1. The molecule has 0 radical (unpaired) electrons. The van der Waals surface area contributed by atoms with Gasteiger partial charge < -0.3 is 15.2 Å². The molecule has 2 rings (SSSR count). The summed E-state index contributed by atoms with van der Waals surface area (Å²) < 4.78 is 5.57. The monoisotopic (exact) mass is 313 g/mol. The summed E-state index contributed by atoms with van der Waals surface area (Å²) in [4.78, 5) is 12.1. The normalized spacial score (nSPS) is 10.3. The van der Waals surface area contributed by atoms with Crippen LogP contribution in [0.5, 0.6) is 5.75 Å². The average Bonchev–Trinajstić information content (AvgIpc) is 2.56. The van der Waals surface area contributed by atoms with E-state index in [9.17, 15) is 4.79 Å². The van der Waals surface area contributed by atoms with Gasteiger partial charge in [0.1, 0.15) is 5.75 Å². The van der Waals surface area contributed by atoms with Gasteiger partial charge in [0.05, 0.1) is 6.61 Å². The number of rotatable bonds is 8. The zero-order valence-corrected chi connectivity index (χ0v) is 13.4. The number of nitrogens with one attached hydrogen (secondary N) is 1. The van der Waals surface area contributed by atoms with Crippen LogP contribution >= 0.6 is 0 Å². The number of carbonyl (C=O) groups is 1. The van der Waals surface area contributed by atoms with Gasteiger partial charge in [0.2, 0.25) is 5.91 Å². The van der Waals surface area contributed by atoms with Crippen LogP contribution < -0.4 is 10.1 Å². The average molecular weight is 313 g/mol. The van der Waals surface area contributed by atoms with Crippen molar-refractivity contribution in [3.05, 3.63) is 59.7 Å². The van der Waals surface area contributed by atoms with Gasteiger partial charge in [0, 0.05) is 18.7 Å². The maximum absolute atomic E-state index is 12.1. The number of amides is 1. The molecule has 2 N–H and O–H groups in total. The quantitative estimate of drug-likeness (QED) is 0.787. The lowest BCUT2D eigenvalue weighted by Gasteiger charge is -2.10. The molecule has 1 amide bonds. The fourth-order valence-electron chi connectivity index (χ4n) is 2.36. The van der Waals surface area contributed by atoms with Gasteiger partial charge in [-0.3, -0.25) is 4.79 Å². The van der Waals surface area contributed by atoms with Crippen LogP contribution in [0.15, 0.2) is 48.5 Å². The molecule has 0 atom stereocenters. The van der Waals surface area contributed by atoms with Gasteiger partial charge in [0.15, 0.2) is 0 Å². The molecule has 0 aliphatic carbocycles. The third kappa shape index (κ3) is 5.42. The Morgan fingerprint density at radius 1 is 1.09 bits per heavy atom. The van der Waals surface area contributed by atoms with Crippen LogP contribution in [-0.2, 0) is 17.6 Å². The van der Waals surface area contributed by atoms with E-state index in [4.69, 9.17) is 9.84 Å². The first kappa shape index (κ1) is 17.0. The Morgan fingerprint density at radius 3 is 2.52 bits per heavy atom. The van der Waals surface area contributed by atoms with Gasteiger partial charge in [-0.25, -0.2) is 0 Å². The molecule has 122 valence electrons. The number of para-hydroxylation sites is 1. The minimum atomic E-state index is -0.0220. The minimum absolute atomic E-state index is 0.0220. The number of aliphatic hydroxyl groups is 1. The molecule has 0 fully saturated rings. The molecule has 0 aliphatic heterocycles. The second-order valence-electron chi connectivity index (χ2n) is 5.26. The van der Waals surface area contributed by atoms with Gasteiger partial charge >= 0.3 is 0 Å². The summed E-state index contributed by atoms with van der Waals surface area (Å²) in [5.41, 5.74) is 2.87. The zero-order valence-electron chi connectivity index (χ0n) is 13.4. The Labute approximate surface area is 137 Å². The summed E-state index contributed by atoms with van der Waals surface area (Å²) in [6.07, 6.45) is 1.68. The molecule has 4 nitrogen and oxygen atoms in total. The highest BCUT2D eigenvalue weighted by atomic mass is 16.5. The second-order valence-corrected chi connectivity index (χ2v) is 5.26. The zero-order chi connectivity index (χ0) is 16.5. The van der Waals surface area contributed by atoms with Crippen molar-refractivity contribution in [1.82, 2.24) is 0 Å². The van der Waals surface area contributed by atoms with Gasteiger partial charge in [-0.1, -0.05) is 30.3 Å². The fraction of sp³-hybridized carbons (Fsp3) is 0.316. The van der Waals surface area contributed by atoms with Crippen LogP contribution in [0.4, 0.5) is 5.69 Å². The van der Waals surface area contributed by atoms with Crippen molar-refractivity contribution < 1.29 is 14.6 Å². The maximum atomic E-state index is 12.1. The SMILES string of the molecule is CCOc1ccccc1CCC(=O)Nc1ccc(CCO)cc1. The Morgan fingerprint density at radius 2 is 1.83 bits per heavy atom. The predicted octanol–water partition coefficient (Wildman–Crippen LogP) is 3.19. The third-order valence-electron chi connectivity index (χ3n) is 3.53. The predicted molar refractivity (Wildman–Crippen MR) is 91.8 cm³/mol. The van der Waals surface area contributed by atoms with Crippen LogP contribution in [0.25, 0.3) is 0 Å². The number of hydrogen-bond donors (Lipinski definition) is 2. The number of benzene rings is 2. The molecule has 23 heavy (non-hydrogen) atoms. The van der Waals surface area contributed by atoms with Crippen LogP contribution in [0, 0.1) is 0 Å². The van der Waals surface area contributed by atoms with E-state index >= 15 is 0 Å². The van der Waals surface area contributed by atoms with Crippen molar-refractivity contribution in [2.24, 2.45) is 0 Å². The number of aryl methyl sites for hydroxylation is 1. The van der Waals surface area contributed by atoms with Gasteiger partial charge in [-0.2, -0.15) is 0 Å².